The number of nitrogens with one attached hydrogen (secondary N) is 2. The molecule has 0 aliphatic carbocycles. The molecule has 6 nitrogen and oxygen atoms in total. The van der Waals surface area contributed by atoms with Crippen LogP contribution in [0.15, 0.2) is 10.6 Å². The number of aromatic nitrogens is 1. The Balaban J connectivity index is 0.00000242. The molecule has 0 bridgehead atoms. The molecule has 1 amide bonds. The van der Waals surface area contributed by atoms with Crippen molar-refractivity contribution in [3.63, 3.8) is 0 Å². The lowest BCUT2D eigenvalue weighted by Crippen LogP contribution is -2.32. The summed E-state index contributed by atoms with van der Waals surface area (Å²) >= 11 is 0. The second kappa shape index (κ2) is 7.94. The van der Waals surface area contributed by atoms with Gasteiger partial charge in [0.05, 0.1) is 12.2 Å². The van der Waals surface area contributed by atoms with Crippen LogP contribution < -0.4 is 10.6 Å². The first-order valence-electron chi connectivity index (χ1n) is 7.52. The molecular formula is C15H27ClN4O2. The van der Waals surface area contributed by atoms with Crippen molar-refractivity contribution in [1.29, 1.82) is 0 Å². The molecule has 1 atom stereocenters. The second-order valence-electron chi connectivity index (χ2n) is 6.82. The molecule has 2 N–H and O–H groups in total. The monoisotopic (exact) mass is 330 g/mol. The fourth-order valence-electron chi connectivity index (χ4n) is 2.58. The number of hydrogen-bond donors (Lipinski definition) is 2. The zero-order chi connectivity index (χ0) is 15.5. The van der Waals surface area contributed by atoms with Crippen molar-refractivity contribution >= 4 is 24.2 Å². The van der Waals surface area contributed by atoms with Gasteiger partial charge in [-0.3, -0.25) is 15.0 Å². The van der Waals surface area contributed by atoms with Gasteiger partial charge in [-0.2, -0.15) is 0 Å². The number of halogens is 1. The van der Waals surface area contributed by atoms with Crippen LogP contribution in [0.1, 0.15) is 32.9 Å². The van der Waals surface area contributed by atoms with Crippen molar-refractivity contribution < 1.29 is 9.32 Å². The average molecular weight is 331 g/mol. The Hall–Kier alpha value is -1.11. The van der Waals surface area contributed by atoms with Crippen LogP contribution in [0.2, 0.25) is 0 Å². The first-order valence-corrected chi connectivity index (χ1v) is 7.52. The summed E-state index contributed by atoms with van der Waals surface area (Å²) in [6.45, 7) is 9.54. The molecule has 1 aliphatic heterocycles. The van der Waals surface area contributed by atoms with E-state index in [1.807, 2.05) is 7.05 Å². The van der Waals surface area contributed by atoms with E-state index in [4.69, 9.17) is 4.52 Å². The zero-order valence-corrected chi connectivity index (χ0v) is 14.6. The Bertz CT molecular complexity index is 484. The molecule has 22 heavy (non-hydrogen) atoms. The Morgan fingerprint density at radius 1 is 1.50 bits per heavy atom. The molecule has 1 aromatic rings. The minimum atomic E-state index is -0.0815. The molecule has 7 heteroatoms. The standard InChI is InChI=1S/C15H26N4O2.ClH/c1-15(2,3)12-7-14(21-18-12)17-13(20)10-19-6-5-11(9-19)8-16-4;/h7,11,16H,5-6,8-10H2,1-4H3,(H,17,20);1H. The number of carbonyl (C=O) groups is 1. The zero-order valence-electron chi connectivity index (χ0n) is 13.8. The fraction of sp³-hybridized carbons (Fsp3) is 0.733. The van der Waals surface area contributed by atoms with Gasteiger partial charge in [0, 0.05) is 18.0 Å². The van der Waals surface area contributed by atoms with Gasteiger partial charge in [0.2, 0.25) is 11.8 Å². The van der Waals surface area contributed by atoms with Gasteiger partial charge >= 0.3 is 0 Å². The van der Waals surface area contributed by atoms with Crippen LogP contribution in [0, 0.1) is 5.92 Å². The fourth-order valence-corrected chi connectivity index (χ4v) is 2.58. The quantitative estimate of drug-likeness (QED) is 0.862. The summed E-state index contributed by atoms with van der Waals surface area (Å²) in [6, 6.07) is 1.80. The van der Waals surface area contributed by atoms with Crippen LogP contribution in [0.25, 0.3) is 0 Å². The lowest BCUT2D eigenvalue weighted by Gasteiger charge is -2.14. The van der Waals surface area contributed by atoms with Gasteiger partial charge < -0.3 is 9.84 Å². The molecule has 2 rings (SSSR count). The van der Waals surface area contributed by atoms with Crippen LogP contribution in [-0.2, 0) is 10.2 Å². The highest BCUT2D eigenvalue weighted by Crippen LogP contribution is 2.23. The molecule has 0 saturated carbocycles. The molecule has 0 radical (unpaired) electrons. The van der Waals surface area contributed by atoms with Crippen molar-refractivity contribution in [2.24, 2.45) is 5.92 Å². The van der Waals surface area contributed by atoms with E-state index in [-0.39, 0.29) is 23.7 Å². The number of rotatable bonds is 5. The molecule has 126 valence electrons. The van der Waals surface area contributed by atoms with Crippen LogP contribution >= 0.6 is 12.4 Å². The summed E-state index contributed by atoms with van der Waals surface area (Å²) in [6.07, 6.45) is 1.14. The predicted octanol–water partition coefficient (Wildman–Crippen LogP) is 1.87. The molecule has 1 saturated heterocycles. The summed E-state index contributed by atoms with van der Waals surface area (Å²) in [5.74, 6) is 1.02. The van der Waals surface area contributed by atoms with Gasteiger partial charge in [0.15, 0.2) is 0 Å². The summed E-state index contributed by atoms with van der Waals surface area (Å²) in [4.78, 5) is 14.2. The van der Waals surface area contributed by atoms with E-state index in [1.54, 1.807) is 6.07 Å². The van der Waals surface area contributed by atoms with Crippen LogP contribution in [0.5, 0.6) is 0 Å². The van der Waals surface area contributed by atoms with Crippen molar-refractivity contribution in [1.82, 2.24) is 15.4 Å². The number of amides is 1. The molecule has 0 aromatic carbocycles. The Morgan fingerprint density at radius 2 is 2.23 bits per heavy atom. The van der Waals surface area contributed by atoms with E-state index < -0.39 is 0 Å². The molecule has 1 aromatic heterocycles. The maximum absolute atomic E-state index is 12.0. The van der Waals surface area contributed by atoms with Crippen LogP contribution in [0.3, 0.4) is 0 Å². The predicted molar refractivity (Wildman–Crippen MR) is 89.6 cm³/mol. The number of nitrogens with zero attached hydrogens (tertiary/aromatic N) is 2. The first-order chi connectivity index (χ1) is 9.88. The molecule has 1 aliphatic rings. The van der Waals surface area contributed by atoms with E-state index in [1.165, 1.54) is 0 Å². The minimum Gasteiger partial charge on any atom is -0.338 e. The van der Waals surface area contributed by atoms with Crippen molar-refractivity contribution in [2.45, 2.75) is 32.6 Å². The normalized spacial score (nSPS) is 19.0. The number of hydrogen-bond acceptors (Lipinski definition) is 5. The Labute approximate surface area is 138 Å². The first kappa shape index (κ1) is 18.9. The van der Waals surface area contributed by atoms with Gasteiger partial charge in [-0.25, -0.2) is 0 Å². The lowest BCUT2D eigenvalue weighted by atomic mass is 9.92. The van der Waals surface area contributed by atoms with Gasteiger partial charge in [-0.15, -0.1) is 12.4 Å². The van der Waals surface area contributed by atoms with Gasteiger partial charge in [0.1, 0.15) is 0 Å². The maximum Gasteiger partial charge on any atom is 0.240 e. The summed E-state index contributed by atoms with van der Waals surface area (Å²) in [5, 5.41) is 9.97. The van der Waals surface area contributed by atoms with E-state index >= 15 is 0 Å². The van der Waals surface area contributed by atoms with E-state index in [0.717, 1.165) is 31.7 Å². The minimum absolute atomic E-state index is 0. The largest absolute Gasteiger partial charge is 0.338 e. The maximum atomic E-state index is 12.0. The van der Waals surface area contributed by atoms with Gasteiger partial charge in [-0.05, 0) is 32.5 Å². The van der Waals surface area contributed by atoms with E-state index in [9.17, 15) is 4.79 Å². The average Bonchev–Trinajstić information content (AvgIpc) is 2.98. The topological polar surface area (TPSA) is 70.4 Å². The SMILES string of the molecule is CNCC1CCN(CC(=O)Nc2cc(C(C)(C)C)no2)C1.Cl. The third kappa shape index (κ3) is 5.26. The van der Waals surface area contributed by atoms with Crippen LogP contribution in [0.4, 0.5) is 5.88 Å². The molecular weight excluding hydrogens is 304 g/mol. The third-order valence-electron chi connectivity index (χ3n) is 3.77. The van der Waals surface area contributed by atoms with Crippen molar-refractivity contribution in [2.75, 3.05) is 38.5 Å². The number of carbonyl (C=O) groups excluding carboxylic acids is 1. The number of anilines is 1. The Morgan fingerprint density at radius 3 is 2.82 bits per heavy atom. The highest BCUT2D eigenvalue weighted by Gasteiger charge is 2.24. The molecule has 1 unspecified atom stereocenters. The van der Waals surface area contributed by atoms with Gasteiger partial charge in [0.25, 0.3) is 0 Å². The second-order valence-corrected chi connectivity index (χ2v) is 6.82. The Kier molecular flexibility index (Phi) is 6.84. The molecule has 0 spiro atoms. The third-order valence-corrected chi connectivity index (χ3v) is 3.77. The smallest absolute Gasteiger partial charge is 0.240 e. The summed E-state index contributed by atoms with van der Waals surface area (Å²) in [5.41, 5.74) is 0.759. The van der Waals surface area contributed by atoms with Crippen LogP contribution in [-0.4, -0.2) is 49.2 Å². The van der Waals surface area contributed by atoms with Crippen molar-refractivity contribution in [3.8, 4) is 0 Å². The van der Waals surface area contributed by atoms with E-state index in [0.29, 0.717) is 18.3 Å². The van der Waals surface area contributed by atoms with Crippen molar-refractivity contribution in [3.05, 3.63) is 11.8 Å². The molecule has 1 fully saturated rings. The highest BCUT2D eigenvalue weighted by atomic mass is 35.5. The summed E-state index contributed by atoms with van der Waals surface area (Å²) < 4.78 is 5.18. The summed E-state index contributed by atoms with van der Waals surface area (Å²) in [7, 11) is 1.96. The number of likely N-dealkylation sites (tertiary alicyclic amines) is 1. The van der Waals surface area contributed by atoms with E-state index in [2.05, 4.69) is 41.5 Å². The molecule has 2 heterocycles. The lowest BCUT2D eigenvalue weighted by molar-refractivity contribution is -0.117. The van der Waals surface area contributed by atoms with Gasteiger partial charge in [-0.1, -0.05) is 25.9 Å². The highest BCUT2D eigenvalue weighted by molar-refractivity contribution is 5.91.